The Balaban J connectivity index is 2.61. The molecule has 2 atom stereocenters. The van der Waals surface area contributed by atoms with E-state index in [1.165, 1.54) is 12.0 Å². The van der Waals surface area contributed by atoms with Gasteiger partial charge in [0.25, 0.3) is 0 Å². The number of nitrogens with zero attached hydrogens (tertiary/aromatic N) is 1. The molecule has 1 aliphatic rings. The number of carbonyl (C=O) groups excluding carboxylic acids is 3. The number of rotatable bonds is 5. The molecule has 0 aromatic rings. The predicted octanol–water partition coefficient (Wildman–Crippen LogP) is 0.481. The lowest BCUT2D eigenvalue weighted by Gasteiger charge is -2.37. The molecule has 120 valence electrons. The van der Waals surface area contributed by atoms with Gasteiger partial charge < -0.3 is 20.7 Å². The smallest absolute Gasteiger partial charge is 0.314 e. The molecule has 2 unspecified atom stereocenters. The first-order valence-corrected chi connectivity index (χ1v) is 7.25. The highest BCUT2D eigenvalue weighted by molar-refractivity contribution is 5.78. The summed E-state index contributed by atoms with van der Waals surface area (Å²) in [4.78, 5) is 35.9. The van der Waals surface area contributed by atoms with Gasteiger partial charge in [0, 0.05) is 31.5 Å². The van der Waals surface area contributed by atoms with Gasteiger partial charge in [0.1, 0.15) is 0 Å². The average molecular weight is 299 g/mol. The highest BCUT2D eigenvalue weighted by Gasteiger charge is 2.30. The van der Waals surface area contributed by atoms with E-state index < -0.39 is 6.03 Å². The largest absolute Gasteiger partial charge is 0.469 e. The summed E-state index contributed by atoms with van der Waals surface area (Å²) in [7, 11) is 1.35. The number of ether oxygens (including phenoxy) is 1. The van der Waals surface area contributed by atoms with E-state index in [2.05, 4.69) is 10.1 Å². The molecule has 0 aromatic heterocycles. The minimum atomic E-state index is -0.499. The van der Waals surface area contributed by atoms with Crippen molar-refractivity contribution in [2.45, 2.75) is 39.2 Å². The molecule has 1 aliphatic heterocycles. The second kappa shape index (κ2) is 7.85. The van der Waals surface area contributed by atoms with Crippen molar-refractivity contribution in [3.8, 4) is 0 Å². The number of likely N-dealkylation sites (tertiary alicyclic amines) is 1. The Kier molecular flexibility index (Phi) is 6.45. The molecule has 0 aromatic carbocycles. The van der Waals surface area contributed by atoms with E-state index in [1.54, 1.807) is 0 Å². The maximum atomic E-state index is 11.8. The number of urea groups is 1. The average Bonchev–Trinajstić information content (AvgIpc) is 2.44. The molecule has 0 radical (unpaired) electrons. The fraction of sp³-hybridized carbons (Fsp3) is 0.786. The Hall–Kier alpha value is -1.79. The number of primary amides is 1. The number of esters is 1. The van der Waals surface area contributed by atoms with Gasteiger partial charge in [-0.3, -0.25) is 9.59 Å². The Morgan fingerprint density at radius 3 is 2.52 bits per heavy atom. The molecule has 1 fully saturated rings. The maximum absolute atomic E-state index is 11.8. The number of nitrogens with one attached hydrogen (secondary N) is 1. The van der Waals surface area contributed by atoms with Gasteiger partial charge in [0.05, 0.1) is 7.11 Å². The first-order valence-electron chi connectivity index (χ1n) is 7.25. The zero-order valence-electron chi connectivity index (χ0n) is 12.9. The van der Waals surface area contributed by atoms with Gasteiger partial charge >= 0.3 is 12.0 Å². The highest BCUT2D eigenvalue weighted by atomic mass is 16.5. The van der Waals surface area contributed by atoms with Crippen LogP contribution in [0.15, 0.2) is 0 Å². The minimum Gasteiger partial charge on any atom is -0.469 e. The minimum absolute atomic E-state index is 0.0435. The van der Waals surface area contributed by atoms with Gasteiger partial charge in [-0.15, -0.1) is 0 Å². The van der Waals surface area contributed by atoms with E-state index in [9.17, 15) is 14.4 Å². The first kappa shape index (κ1) is 17.3. The Morgan fingerprint density at radius 1 is 1.33 bits per heavy atom. The van der Waals surface area contributed by atoms with Crippen LogP contribution in [0.25, 0.3) is 0 Å². The summed E-state index contributed by atoms with van der Waals surface area (Å²) >= 11 is 0. The molecule has 7 nitrogen and oxygen atoms in total. The monoisotopic (exact) mass is 299 g/mol. The summed E-state index contributed by atoms with van der Waals surface area (Å²) in [5.41, 5.74) is 5.35. The lowest BCUT2D eigenvalue weighted by atomic mass is 9.90. The van der Waals surface area contributed by atoms with Crippen molar-refractivity contribution >= 4 is 17.9 Å². The molecular formula is C14H25N3O4. The van der Waals surface area contributed by atoms with Crippen molar-refractivity contribution in [1.29, 1.82) is 0 Å². The second-order valence-corrected chi connectivity index (χ2v) is 5.82. The lowest BCUT2D eigenvalue weighted by Crippen LogP contribution is -2.54. The third kappa shape index (κ3) is 5.61. The number of methoxy groups -OCH3 is 1. The van der Waals surface area contributed by atoms with Crippen LogP contribution >= 0.6 is 0 Å². The fourth-order valence-corrected chi connectivity index (χ4v) is 2.49. The van der Waals surface area contributed by atoms with Crippen LogP contribution in [0.1, 0.15) is 33.1 Å². The van der Waals surface area contributed by atoms with Gasteiger partial charge in [0.2, 0.25) is 5.91 Å². The van der Waals surface area contributed by atoms with Crippen LogP contribution in [0.5, 0.6) is 0 Å². The highest BCUT2D eigenvalue weighted by Crippen LogP contribution is 2.22. The predicted molar refractivity (Wildman–Crippen MR) is 77.3 cm³/mol. The summed E-state index contributed by atoms with van der Waals surface area (Å²) in [6.45, 7) is 4.57. The molecule has 1 saturated heterocycles. The van der Waals surface area contributed by atoms with Crippen LogP contribution in [-0.2, 0) is 14.3 Å². The number of hydrogen-bond acceptors (Lipinski definition) is 4. The van der Waals surface area contributed by atoms with E-state index in [0.717, 1.165) is 6.42 Å². The molecule has 1 rings (SSSR count). The molecular weight excluding hydrogens is 274 g/mol. The topological polar surface area (TPSA) is 102 Å². The summed E-state index contributed by atoms with van der Waals surface area (Å²) in [6, 6.07) is -0.620. The molecule has 1 heterocycles. The Morgan fingerprint density at radius 2 is 2.00 bits per heavy atom. The van der Waals surface area contributed by atoms with Gasteiger partial charge in [-0.25, -0.2) is 4.79 Å². The lowest BCUT2D eigenvalue weighted by molar-refractivity contribution is -0.141. The van der Waals surface area contributed by atoms with Crippen molar-refractivity contribution in [2.24, 2.45) is 17.6 Å². The quantitative estimate of drug-likeness (QED) is 0.721. The number of hydrogen-bond donors (Lipinski definition) is 2. The number of piperidine rings is 1. The van der Waals surface area contributed by atoms with Gasteiger partial charge in [-0.05, 0) is 18.8 Å². The van der Waals surface area contributed by atoms with Crippen LogP contribution in [0, 0.1) is 11.8 Å². The summed E-state index contributed by atoms with van der Waals surface area (Å²) in [6.07, 6.45) is 1.66. The molecule has 0 spiro atoms. The van der Waals surface area contributed by atoms with Crippen LogP contribution in [0.2, 0.25) is 0 Å². The van der Waals surface area contributed by atoms with E-state index in [4.69, 9.17) is 5.73 Å². The van der Waals surface area contributed by atoms with Crippen LogP contribution in [0.4, 0.5) is 4.79 Å². The molecule has 3 amide bonds. The number of nitrogens with two attached hydrogens (primary N) is 1. The molecule has 21 heavy (non-hydrogen) atoms. The van der Waals surface area contributed by atoms with E-state index in [-0.39, 0.29) is 29.8 Å². The van der Waals surface area contributed by atoms with Crippen molar-refractivity contribution in [2.75, 3.05) is 20.2 Å². The number of amides is 3. The third-order valence-electron chi connectivity index (χ3n) is 3.70. The zero-order valence-corrected chi connectivity index (χ0v) is 12.9. The van der Waals surface area contributed by atoms with Gasteiger partial charge in [0.15, 0.2) is 0 Å². The van der Waals surface area contributed by atoms with Gasteiger partial charge in [-0.2, -0.15) is 0 Å². The van der Waals surface area contributed by atoms with Gasteiger partial charge in [-0.1, -0.05) is 13.8 Å². The SMILES string of the molecule is COC(=O)CCC1CC(NC(=O)C(C)C)CN(C(N)=O)C1. The number of carbonyl (C=O) groups is 3. The Bertz CT molecular complexity index is 398. The first-order chi connectivity index (χ1) is 9.83. The fourth-order valence-electron chi connectivity index (χ4n) is 2.49. The molecule has 0 aliphatic carbocycles. The normalized spacial score (nSPS) is 22.0. The maximum Gasteiger partial charge on any atom is 0.314 e. The molecule has 3 N–H and O–H groups in total. The molecule has 7 heteroatoms. The van der Waals surface area contributed by atoms with Crippen molar-refractivity contribution in [3.05, 3.63) is 0 Å². The van der Waals surface area contributed by atoms with Crippen LogP contribution < -0.4 is 11.1 Å². The zero-order chi connectivity index (χ0) is 16.0. The molecule has 0 saturated carbocycles. The molecule has 0 bridgehead atoms. The summed E-state index contributed by atoms with van der Waals surface area (Å²) in [5.74, 6) is -0.294. The standard InChI is InChI=1S/C14H25N3O4/c1-9(2)13(19)16-11-6-10(4-5-12(18)21-3)7-17(8-11)14(15)20/h9-11H,4-8H2,1-3H3,(H2,15,20)(H,16,19). The van der Waals surface area contributed by atoms with Crippen molar-refractivity contribution in [1.82, 2.24) is 10.2 Å². The summed E-state index contributed by atoms with van der Waals surface area (Å²) in [5, 5.41) is 2.93. The Labute approximate surface area is 125 Å². The van der Waals surface area contributed by atoms with E-state index >= 15 is 0 Å². The van der Waals surface area contributed by atoms with E-state index in [0.29, 0.717) is 25.9 Å². The summed E-state index contributed by atoms with van der Waals surface area (Å²) < 4.78 is 4.62. The van der Waals surface area contributed by atoms with Crippen LogP contribution in [-0.4, -0.2) is 49.0 Å². The van der Waals surface area contributed by atoms with Crippen molar-refractivity contribution < 1.29 is 19.1 Å². The van der Waals surface area contributed by atoms with Crippen LogP contribution in [0.3, 0.4) is 0 Å². The third-order valence-corrected chi connectivity index (χ3v) is 3.70. The second-order valence-electron chi connectivity index (χ2n) is 5.82. The van der Waals surface area contributed by atoms with Crippen molar-refractivity contribution in [3.63, 3.8) is 0 Å². The van der Waals surface area contributed by atoms with E-state index in [1.807, 2.05) is 13.8 Å².